The summed E-state index contributed by atoms with van der Waals surface area (Å²) in [5.74, 6) is 2.72. The van der Waals surface area contributed by atoms with Gasteiger partial charge >= 0.3 is 0 Å². The van der Waals surface area contributed by atoms with E-state index in [1.54, 1.807) is 4.68 Å². The molecule has 3 heterocycles. The van der Waals surface area contributed by atoms with Crippen LogP contribution in [0.3, 0.4) is 0 Å². The van der Waals surface area contributed by atoms with E-state index in [2.05, 4.69) is 32.4 Å². The molecule has 4 rings (SSSR count). The Bertz CT molecular complexity index is 787. The van der Waals surface area contributed by atoms with Crippen molar-refractivity contribution in [3.8, 4) is 11.5 Å². The van der Waals surface area contributed by atoms with Crippen LogP contribution < -0.4 is 20.5 Å². The van der Waals surface area contributed by atoms with Crippen molar-refractivity contribution in [3.05, 3.63) is 23.8 Å². The van der Waals surface area contributed by atoms with Crippen LogP contribution in [0.2, 0.25) is 0 Å². The Morgan fingerprint density at radius 2 is 2.14 bits per heavy atom. The average Bonchev–Trinajstić information content (AvgIpc) is 3.05. The SMILES string of the molecule is Cn1nc(N)nc1NCCCOc1cccc2c1OCCC2N1CCCCC1. The average molecular weight is 387 g/mol. The first-order valence-electron chi connectivity index (χ1n) is 10.3. The predicted molar refractivity (Wildman–Crippen MR) is 109 cm³/mol. The molecule has 1 aromatic carbocycles. The number of fused-ring (bicyclic) bond motifs is 1. The predicted octanol–water partition coefficient (Wildman–Crippen LogP) is 2.59. The van der Waals surface area contributed by atoms with Crippen LogP contribution in [0.5, 0.6) is 11.5 Å². The number of anilines is 2. The van der Waals surface area contributed by atoms with Crippen molar-refractivity contribution in [2.45, 2.75) is 38.1 Å². The lowest BCUT2D eigenvalue weighted by atomic mass is 9.96. The molecule has 152 valence electrons. The van der Waals surface area contributed by atoms with Crippen LogP contribution in [0.15, 0.2) is 18.2 Å². The van der Waals surface area contributed by atoms with Gasteiger partial charge in [-0.1, -0.05) is 18.6 Å². The molecule has 8 nitrogen and oxygen atoms in total. The summed E-state index contributed by atoms with van der Waals surface area (Å²) >= 11 is 0. The van der Waals surface area contributed by atoms with Crippen molar-refractivity contribution in [2.75, 3.05) is 43.9 Å². The third kappa shape index (κ3) is 4.16. The summed E-state index contributed by atoms with van der Waals surface area (Å²) in [6, 6.07) is 6.74. The molecule has 0 amide bonds. The molecule has 1 fully saturated rings. The highest BCUT2D eigenvalue weighted by Crippen LogP contribution is 2.42. The number of benzene rings is 1. The molecule has 1 saturated heterocycles. The van der Waals surface area contributed by atoms with Crippen LogP contribution in [0.4, 0.5) is 11.9 Å². The summed E-state index contributed by atoms with van der Waals surface area (Å²) < 4.78 is 13.7. The highest BCUT2D eigenvalue weighted by atomic mass is 16.5. The largest absolute Gasteiger partial charge is 0.490 e. The van der Waals surface area contributed by atoms with Crippen molar-refractivity contribution in [2.24, 2.45) is 7.05 Å². The molecular formula is C20H30N6O2. The van der Waals surface area contributed by atoms with E-state index in [1.165, 1.54) is 37.9 Å². The van der Waals surface area contributed by atoms with Gasteiger partial charge in [-0.25, -0.2) is 4.68 Å². The molecule has 28 heavy (non-hydrogen) atoms. The first-order chi connectivity index (χ1) is 13.7. The van der Waals surface area contributed by atoms with Crippen LogP contribution in [0.25, 0.3) is 0 Å². The van der Waals surface area contributed by atoms with Gasteiger partial charge in [0, 0.05) is 31.6 Å². The van der Waals surface area contributed by atoms with E-state index in [4.69, 9.17) is 15.2 Å². The molecule has 3 N–H and O–H groups in total. The number of nitrogens with two attached hydrogens (primary N) is 1. The van der Waals surface area contributed by atoms with Crippen LogP contribution in [0, 0.1) is 0 Å². The first kappa shape index (κ1) is 18.9. The Labute approximate surface area is 166 Å². The van der Waals surface area contributed by atoms with Crippen molar-refractivity contribution in [1.82, 2.24) is 19.7 Å². The number of nitrogens with one attached hydrogen (secondary N) is 1. The van der Waals surface area contributed by atoms with Gasteiger partial charge in [0.15, 0.2) is 11.5 Å². The lowest BCUT2D eigenvalue weighted by Gasteiger charge is -2.38. The van der Waals surface area contributed by atoms with E-state index in [-0.39, 0.29) is 5.95 Å². The molecule has 0 spiro atoms. The van der Waals surface area contributed by atoms with E-state index in [9.17, 15) is 0 Å². The maximum Gasteiger partial charge on any atom is 0.241 e. The number of ether oxygens (including phenoxy) is 2. The Kier molecular flexibility index (Phi) is 5.85. The molecule has 8 heteroatoms. The summed E-state index contributed by atoms with van der Waals surface area (Å²) in [6.45, 7) is 4.47. The minimum Gasteiger partial charge on any atom is -0.490 e. The normalized spacial score (nSPS) is 19.7. The summed E-state index contributed by atoms with van der Waals surface area (Å²) in [7, 11) is 1.81. The summed E-state index contributed by atoms with van der Waals surface area (Å²) in [5.41, 5.74) is 6.87. The van der Waals surface area contributed by atoms with Crippen molar-refractivity contribution < 1.29 is 9.47 Å². The standard InChI is InChI=1S/C20H30N6O2/c1-25-20(23-19(21)24-25)22-10-6-13-27-17-8-5-7-15-16(9-14-28-18(15)17)26-11-3-2-4-12-26/h5,7-8,16H,2-4,6,9-14H2,1H3,(H3,21,22,23,24). The molecule has 1 aromatic heterocycles. The smallest absolute Gasteiger partial charge is 0.241 e. The van der Waals surface area contributed by atoms with E-state index >= 15 is 0 Å². The second-order valence-corrected chi connectivity index (χ2v) is 7.47. The van der Waals surface area contributed by atoms with Crippen LogP contribution in [-0.2, 0) is 7.05 Å². The van der Waals surface area contributed by atoms with Gasteiger partial charge in [-0.3, -0.25) is 4.90 Å². The quantitative estimate of drug-likeness (QED) is 0.707. The van der Waals surface area contributed by atoms with E-state index in [0.717, 1.165) is 37.5 Å². The Balaban J connectivity index is 1.33. The molecule has 0 saturated carbocycles. The zero-order valence-electron chi connectivity index (χ0n) is 16.6. The van der Waals surface area contributed by atoms with Gasteiger partial charge in [0.2, 0.25) is 11.9 Å². The fourth-order valence-electron chi connectivity index (χ4n) is 4.11. The number of aryl methyl sites for hydroxylation is 1. The monoisotopic (exact) mass is 386 g/mol. The Hall–Kier alpha value is -2.48. The minimum atomic E-state index is 0.276. The van der Waals surface area contributed by atoms with E-state index in [0.29, 0.717) is 18.6 Å². The zero-order valence-corrected chi connectivity index (χ0v) is 16.6. The molecule has 0 radical (unpaired) electrons. The fourth-order valence-corrected chi connectivity index (χ4v) is 4.11. The number of piperidine rings is 1. The first-order valence-corrected chi connectivity index (χ1v) is 10.3. The highest BCUT2D eigenvalue weighted by Gasteiger charge is 2.29. The van der Waals surface area contributed by atoms with E-state index in [1.807, 2.05) is 13.1 Å². The molecule has 2 aliphatic heterocycles. The number of likely N-dealkylation sites (tertiary alicyclic amines) is 1. The lowest BCUT2D eigenvalue weighted by Crippen LogP contribution is -2.36. The maximum atomic E-state index is 6.06. The van der Waals surface area contributed by atoms with Gasteiger partial charge in [0.25, 0.3) is 0 Å². The fraction of sp³-hybridized carbons (Fsp3) is 0.600. The van der Waals surface area contributed by atoms with Crippen LogP contribution in [-0.4, -0.2) is 52.5 Å². The molecule has 0 bridgehead atoms. The van der Waals surface area contributed by atoms with Gasteiger partial charge in [0.1, 0.15) is 0 Å². The van der Waals surface area contributed by atoms with E-state index < -0.39 is 0 Å². The number of rotatable bonds is 7. The number of nitrogens with zero attached hydrogens (tertiary/aromatic N) is 4. The molecular weight excluding hydrogens is 356 g/mol. The van der Waals surface area contributed by atoms with Gasteiger partial charge in [-0.15, -0.1) is 5.10 Å². The second-order valence-electron chi connectivity index (χ2n) is 7.47. The third-order valence-corrected chi connectivity index (χ3v) is 5.48. The van der Waals surface area contributed by atoms with Gasteiger partial charge in [-0.2, -0.15) is 4.98 Å². The maximum absolute atomic E-state index is 6.06. The molecule has 2 aliphatic rings. The Morgan fingerprint density at radius 3 is 2.93 bits per heavy atom. The third-order valence-electron chi connectivity index (χ3n) is 5.48. The second kappa shape index (κ2) is 8.68. The Morgan fingerprint density at radius 1 is 1.29 bits per heavy atom. The van der Waals surface area contributed by atoms with Gasteiger partial charge < -0.3 is 20.5 Å². The molecule has 1 atom stereocenters. The van der Waals surface area contributed by atoms with Gasteiger partial charge in [0.05, 0.1) is 13.2 Å². The molecule has 2 aromatic rings. The topological polar surface area (TPSA) is 90.5 Å². The summed E-state index contributed by atoms with van der Waals surface area (Å²) in [4.78, 5) is 6.75. The number of hydrogen-bond donors (Lipinski definition) is 2. The van der Waals surface area contributed by atoms with Crippen LogP contribution in [0.1, 0.15) is 43.7 Å². The van der Waals surface area contributed by atoms with Gasteiger partial charge in [-0.05, 0) is 38.4 Å². The summed E-state index contributed by atoms with van der Waals surface area (Å²) in [5, 5.41) is 7.24. The molecule has 0 aliphatic carbocycles. The molecule has 1 unspecified atom stereocenters. The number of hydrogen-bond acceptors (Lipinski definition) is 7. The minimum absolute atomic E-state index is 0.276. The number of aromatic nitrogens is 3. The summed E-state index contributed by atoms with van der Waals surface area (Å²) in [6.07, 6.45) is 5.85. The number of para-hydroxylation sites is 1. The van der Waals surface area contributed by atoms with Crippen molar-refractivity contribution >= 4 is 11.9 Å². The highest BCUT2D eigenvalue weighted by molar-refractivity contribution is 5.49. The van der Waals surface area contributed by atoms with Crippen molar-refractivity contribution in [1.29, 1.82) is 0 Å². The number of nitrogen functional groups attached to an aromatic ring is 1. The zero-order chi connectivity index (χ0) is 19.3. The van der Waals surface area contributed by atoms with Crippen molar-refractivity contribution in [3.63, 3.8) is 0 Å². The lowest BCUT2D eigenvalue weighted by molar-refractivity contribution is 0.116. The van der Waals surface area contributed by atoms with Crippen LogP contribution >= 0.6 is 0 Å².